The van der Waals surface area contributed by atoms with Crippen LogP contribution in [0.3, 0.4) is 0 Å². The molecule has 4 heteroatoms. The Bertz CT molecular complexity index is 450. The van der Waals surface area contributed by atoms with Crippen molar-refractivity contribution in [2.24, 2.45) is 17.1 Å². The summed E-state index contributed by atoms with van der Waals surface area (Å²) in [5, 5.41) is 4.16. The molecule has 3 rings (SSSR count). The summed E-state index contributed by atoms with van der Waals surface area (Å²) in [6.45, 7) is 6.84. The summed E-state index contributed by atoms with van der Waals surface area (Å²) in [6.07, 6.45) is 5.48. The van der Waals surface area contributed by atoms with Crippen LogP contribution in [0.15, 0.2) is 4.52 Å². The second-order valence-corrected chi connectivity index (χ2v) is 7.24. The minimum atomic E-state index is -0.405. The fourth-order valence-corrected chi connectivity index (χ4v) is 3.74. The number of aromatic nitrogens is 2. The lowest BCUT2D eigenvalue weighted by Crippen LogP contribution is -2.47. The zero-order valence-corrected chi connectivity index (χ0v) is 11.6. The van der Waals surface area contributed by atoms with Gasteiger partial charge in [0.1, 0.15) is 0 Å². The molecule has 2 aliphatic carbocycles. The Balaban J connectivity index is 1.87. The molecule has 2 saturated carbocycles. The largest absolute Gasteiger partial charge is 0.339 e. The van der Waals surface area contributed by atoms with Gasteiger partial charge in [-0.3, -0.25) is 0 Å². The summed E-state index contributed by atoms with van der Waals surface area (Å²) < 4.78 is 5.37. The maximum Gasteiger partial charge on any atom is 0.229 e. The Morgan fingerprint density at radius 3 is 2.61 bits per heavy atom. The fraction of sp³-hybridized carbons (Fsp3) is 0.857. The first-order valence-corrected chi connectivity index (χ1v) is 7.01. The van der Waals surface area contributed by atoms with Crippen LogP contribution in [0.1, 0.15) is 70.5 Å². The molecule has 0 bridgehead atoms. The highest BCUT2D eigenvalue weighted by Gasteiger charge is 2.45. The average Bonchev–Trinajstić information content (AvgIpc) is 2.92. The van der Waals surface area contributed by atoms with Crippen LogP contribution in [0.2, 0.25) is 0 Å². The van der Waals surface area contributed by atoms with Crippen molar-refractivity contribution < 1.29 is 4.52 Å². The van der Waals surface area contributed by atoms with Gasteiger partial charge in [-0.25, -0.2) is 0 Å². The third kappa shape index (κ3) is 2.18. The molecule has 0 saturated heterocycles. The van der Waals surface area contributed by atoms with E-state index in [0.29, 0.717) is 11.8 Å². The zero-order chi connectivity index (χ0) is 13.0. The molecule has 0 radical (unpaired) electrons. The molecule has 2 aliphatic rings. The highest BCUT2D eigenvalue weighted by molar-refractivity contribution is 5.11. The summed E-state index contributed by atoms with van der Waals surface area (Å²) in [5.74, 6) is 2.64. The van der Waals surface area contributed by atoms with Gasteiger partial charge in [-0.15, -0.1) is 0 Å². The van der Waals surface area contributed by atoms with Gasteiger partial charge in [0.25, 0.3) is 0 Å². The van der Waals surface area contributed by atoms with Gasteiger partial charge in [-0.1, -0.05) is 25.9 Å². The Hall–Kier alpha value is -0.900. The van der Waals surface area contributed by atoms with E-state index in [1.807, 2.05) is 0 Å². The lowest BCUT2D eigenvalue weighted by molar-refractivity contribution is 0.0997. The first-order chi connectivity index (χ1) is 8.38. The predicted octanol–water partition coefficient (Wildman–Crippen LogP) is 2.95. The number of nitrogens with two attached hydrogens (primary N) is 1. The van der Waals surface area contributed by atoms with E-state index >= 15 is 0 Å². The van der Waals surface area contributed by atoms with E-state index in [4.69, 9.17) is 10.3 Å². The smallest absolute Gasteiger partial charge is 0.229 e. The molecule has 0 spiro atoms. The molecule has 0 aromatic carbocycles. The molecule has 2 atom stereocenters. The van der Waals surface area contributed by atoms with E-state index in [1.54, 1.807) is 0 Å². The van der Waals surface area contributed by atoms with Crippen LogP contribution < -0.4 is 5.73 Å². The van der Waals surface area contributed by atoms with E-state index in [0.717, 1.165) is 24.6 Å². The molecule has 0 aliphatic heterocycles. The van der Waals surface area contributed by atoms with Gasteiger partial charge in [0.2, 0.25) is 5.89 Å². The standard InChI is InChI=1S/C14H23N3O/c1-9-6-13(2,3)8-14(15,7-9)12-16-11(18-17-12)10-4-5-10/h9-10H,4-8,15H2,1-3H3. The summed E-state index contributed by atoms with van der Waals surface area (Å²) in [5.41, 5.74) is 6.45. The van der Waals surface area contributed by atoms with E-state index in [1.165, 1.54) is 19.3 Å². The zero-order valence-electron chi connectivity index (χ0n) is 11.6. The van der Waals surface area contributed by atoms with E-state index in [-0.39, 0.29) is 5.41 Å². The van der Waals surface area contributed by atoms with Crippen molar-refractivity contribution in [3.63, 3.8) is 0 Å². The summed E-state index contributed by atoms with van der Waals surface area (Å²) in [7, 11) is 0. The lowest BCUT2D eigenvalue weighted by Gasteiger charge is -2.43. The van der Waals surface area contributed by atoms with Crippen molar-refractivity contribution in [2.75, 3.05) is 0 Å². The summed E-state index contributed by atoms with van der Waals surface area (Å²) in [4.78, 5) is 4.56. The maximum atomic E-state index is 6.60. The lowest BCUT2D eigenvalue weighted by atomic mass is 9.64. The van der Waals surface area contributed by atoms with Crippen LogP contribution in [0, 0.1) is 11.3 Å². The first kappa shape index (κ1) is 12.2. The second-order valence-electron chi connectivity index (χ2n) is 7.24. The van der Waals surface area contributed by atoms with Crippen LogP contribution in [0.4, 0.5) is 0 Å². The molecule has 100 valence electrons. The molecule has 2 N–H and O–H groups in total. The highest BCUT2D eigenvalue weighted by atomic mass is 16.5. The van der Waals surface area contributed by atoms with Gasteiger partial charge < -0.3 is 10.3 Å². The van der Waals surface area contributed by atoms with Crippen LogP contribution in [-0.2, 0) is 5.54 Å². The minimum Gasteiger partial charge on any atom is -0.339 e. The van der Waals surface area contributed by atoms with Gasteiger partial charge in [0.05, 0.1) is 5.54 Å². The van der Waals surface area contributed by atoms with Crippen LogP contribution in [0.5, 0.6) is 0 Å². The summed E-state index contributed by atoms with van der Waals surface area (Å²) in [6, 6.07) is 0. The van der Waals surface area contributed by atoms with Crippen molar-refractivity contribution in [1.82, 2.24) is 10.1 Å². The molecule has 2 unspecified atom stereocenters. The number of nitrogens with zero attached hydrogens (tertiary/aromatic N) is 2. The van der Waals surface area contributed by atoms with Crippen LogP contribution in [0.25, 0.3) is 0 Å². The van der Waals surface area contributed by atoms with Crippen molar-refractivity contribution in [1.29, 1.82) is 0 Å². The third-order valence-corrected chi connectivity index (χ3v) is 4.22. The Morgan fingerprint density at radius 2 is 2.00 bits per heavy atom. The van der Waals surface area contributed by atoms with Crippen molar-refractivity contribution in [2.45, 2.75) is 64.3 Å². The molecule has 4 nitrogen and oxygen atoms in total. The highest BCUT2D eigenvalue weighted by Crippen LogP contribution is 2.47. The maximum absolute atomic E-state index is 6.60. The van der Waals surface area contributed by atoms with Gasteiger partial charge in [0, 0.05) is 5.92 Å². The van der Waals surface area contributed by atoms with Gasteiger partial charge in [-0.05, 0) is 43.4 Å². The van der Waals surface area contributed by atoms with E-state index in [9.17, 15) is 0 Å². The molecule has 2 fully saturated rings. The molecule has 1 aromatic heterocycles. The number of rotatable bonds is 2. The topological polar surface area (TPSA) is 64.9 Å². The van der Waals surface area contributed by atoms with Crippen molar-refractivity contribution in [3.05, 3.63) is 11.7 Å². The molecular formula is C14H23N3O. The Kier molecular flexibility index (Phi) is 2.56. The molecule has 1 aromatic rings. The van der Waals surface area contributed by atoms with E-state index < -0.39 is 5.54 Å². The second kappa shape index (κ2) is 3.80. The Labute approximate surface area is 108 Å². The van der Waals surface area contributed by atoms with Gasteiger partial charge in [0.15, 0.2) is 5.82 Å². The van der Waals surface area contributed by atoms with Crippen LogP contribution >= 0.6 is 0 Å². The van der Waals surface area contributed by atoms with Gasteiger partial charge >= 0.3 is 0 Å². The molecule has 1 heterocycles. The minimum absolute atomic E-state index is 0.257. The third-order valence-electron chi connectivity index (χ3n) is 4.22. The number of hydrogen-bond donors (Lipinski definition) is 1. The molecular weight excluding hydrogens is 226 g/mol. The van der Waals surface area contributed by atoms with Crippen molar-refractivity contribution >= 4 is 0 Å². The van der Waals surface area contributed by atoms with Crippen molar-refractivity contribution in [3.8, 4) is 0 Å². The monoisotopic (exact) mass is 249 g/mol. The predicted molar refractivity (Wildman–Crippen MR) is 68.9 cm³/mol. The fourth-order valence-electron chi connectivity index (χ4n) is 3.74. The Morgan fingerprint density at radius 1 is 1.28 bits per heavy atom. The molecule has 18 heavy (non-hydrogen) atoms. The van der Waals surface area contributed by atoms with Gasteiger partial charge in [-0.2, -0.15) is 4.98 Å². The normalized spacial score (nSPS) is 35.7. The average molecular weight is 249 g/mol. The van der Waals surface area contributed by atoms with Crippen LogP contribution in [-0.4, -0.2) is 10.1 Å². The summed E-state index contributed by atoms with van der Waals surface area (Å²) >= 11 is 0. The first-order valence-electron chi connectivity index (χ1n) is 7.01. The molecule has 0 amide bonds. The van der Waals surface area contributed by atoms with E-state index in [2.05, 4.69) is 30.9 Å². The SMILES string of the molecule is CC1CC(C)(C)CC(N)(c2noc(C3CC3)n2)C1. The quantitative estimate of drug-likeness (QED) is 0.875. The number of hydrogen-bond acceptors (Lipinski definition) is 4.